The quantitative estimate of drug-likeness (QED) is 0.581. The van der Waals surface area contributed by atoms with Crippen molar-refractivity contribution < 1.29 is 0 Å². The molecule has 0 unspecified atom stereocenters. The number of nitriles is 1. The maximum atomic E-state index is 8.62. The molecule has 2 aromatic heterocycles. The Bertz CT molecular complexity index is 462. The Morgan fingerprint density at radius 1 is 1.50 bits per heavy atom. The zero-order chi connectivity index (χ0) is 8.55. The van der Waals surface area contributed by atoms with Crippen LogP contribution in [0.15, 0.2) is 24.7 Å². The minimum atomic E-state index is 0.653. The molecule has 0 saturated carbocycles. The molecule has 0 spiro atoms. The summed E-state index contributed by atoms with van der Waals surface area (Å²) in [5.74, 6) is 0. The third-order valence-electron chi connectivity index (χ3n) is 1.85. The van der Waals surface area contributed by atoms with Crippen LogP contribution in [0, 0.1) is 18.3 Å². The summed E-state index contributed by atoms with van der Waals surface area (Å²) in [4.78, 5) is 4.12. The van der Waals surface area contributed by atoms with Crippen molar-refractivity contribution in [2.24, 2.45) is 0 Å². The number of hydrogen-bond donors (Lipinski definition) is 0. The first kappa shape index (κ1) is 6.86. The molecule has 0 N–H and O–H groups in total. The average molecular weight is 157 g/mol. The second-order valence-electron chi connectivity index (χ2n) is 2.65. The highest BCUT2D eigenvalue weighted by molar-refractivity contribution is 5.53. The Balaban J connectivity index is 2.80. The molecule has 0 fully saturated rings. The minimum absolute atomic E-state index is 0.653. The van der Waals surface area contributed by atoms with E-state index in [9.17, 15) is 0 Å². The van der Waals surface area contributed by atoms with E-state index in [1.165, 1.54) is 0 Å². The van der Waals surface area contributed by atoms with E-state index < -0.39 is 0 Å². The standard InChI is InChI=1S/C9H7N3/c1-7-9-3-2-8(4-10)5-12(9)6-11-7/h2-3,5-6H,1H3. The minimum Gasteiger partial charge on any atom is -0.305 e. The second kappa shape index (κ2) is 2.35. The van der Waals surface area contributed by atoms with E-state index in [0.29, 0.717) is 5.56 Å². The van der Waals surface area contributed by atoms with Gasteiger partial charge in [-0.1, -0.05) is 0 Å². The molecule has 0 saturated heterocycles. The van der Waals surface area contributed by atoms with Crippen molar-refractivity contribution in [3.05, 3.63) is 35.9 Å². The highest BCUT2D eigenvalue weighted by Gasteiger charge is 1.98. The molecule has 58 valence electrons. The van der Waals surface area contributed by atoms with Crippen molar-refractivity contribution in [1.82, 2.24) is 9.38 Å². The zero-order valence-corrected chi connectivity index (χ0v) is 6.65. The van der Waals surface area contributed by atoms with Crippen molar-refractivity contribution in [3.8, 4) is 6.07 Å². The lowest BCUT2D eigenvalue weighted by Gasteiger charge is -1.93. The molecule has 3 nitrogen and oxygen atoms in total. The fourth-order valence-corrected chi connectivity index (χ4v) is 1.20. The van der Waals surface area contributed by atoms with Gasteiger partial charge in [0, 0.05) is 6.20 Å². The van der Waals surface area contributed by atoms with Gasteiger partial charge >= 0.3 is 0 Å². The Labute approximate surface area is 69.9 Å². The molecule has 3 heteroatoms. The summed E-state index contributed by atoms with van der Waals surface area (Å²) in [7, 11) is 0. The van der Waals surface area contributed by atoms with Gasteiger partial charge in [-0.2, -0.15) is 5.26 Å². The first-order valence-electron chi connectivity index (χ1n) is 3.64. The van der Waals surface area contributed by atoms with Gasteiger partial charge in [0.15, 0.2) is 0 Å². The van der Waals surface area contributed by atoms with E-state index in [4.69, 9.17) is 5.26 Å². The largest absolute Gasteiger partial charge is 0.305 e. The van der Waals surface area contributed by atoms with E-state index in [1.54, 1.807) is 18.6 Å². The fourth-order valence-electron chi connectivity index (χ4n) is 1.20. The number of hydrogen-bond acceptors (Lipinski definition) is 2. The van der Waals surface area contributed by atoms with Gasteiger partial charge in [-0.05, 0) is 19.1 Å². The van der Waals surface area contributed by atoms with Crippen LogP contribution in [-0.4, -0.2) is 9.38 Å². The van der Waals surface area contributed by atoms with Gasteiger partial charge in [-0.3, -0.25) is 0 Å². The van der Waals surface area contributed by atoms with Gasteiger partial charge in [0.05, 0.1) is 23.1 Å². The highest BCUT2D eigenvalue weighted by Crippen LogP contribution is 2.09. The van der Waals surface area contributed by atoms with Crippen LogP contribution < -0.4 is 0 Å². The molecule has 2 heterocycles. The fraction of sp³-hybridized carbons (Fsp3) is 0.111. The average Bonchev–Trinajstić information content (AvgIpc) is 2.47. The van der Waals surface area contributed by atoms with Crippen LogP contribution in [0.25, 0.3) is 5.52 Å². The van der Waals surface area contributed by atoms with Gasteiger partial charge in [0.2, 0.25) is 0 Å². The van der Waals surface area contributed by atoms with E-state index in [0.717, 1.165) is 11.2 Å². The number of aryl methyl sites for hydroxylation is 1. The van der Waals surface area contributed by atoms with Gasteiger partial charge in [0.25, 0.3) is 0 Å². The number of imidazole rings is 1. The van der Waals surface area contributed by atoms with Crippen LogP contribution in [0.2, 0.25) is 0 Å². The SMILES string of the molecule is Cc1ncn2cc(C#N)ccc12. The molecule has 2 rings (SSSR count). The van der Waals surface area contributed by atoms with Crippen molar-refractivity contribution >= 4 is 5.52 Å². The normalized spacial score (nSPS) is 10.0. The summed E-state index contributed by atoms with van der Waals surface area (Å²) in [6.45, 7) is 1.95. The number of rotatable bonds is 0. The first-order valence-corrected chi connectivity index (χ1v) is 3.64. The maximum Gasteiger partial charge on any atom is 0.101 e. The number of fused-ring (bicyclic) bond motifs is 1. The number of pyridine rings is 1. The lowest BCUT2D eigenvalue weighted by Crippen LogP contribution is -1.83. The van der Waals surface area contributed by atoms with Crippen LogP contribution in [0.1, 0.15) is 11.3 Å². The van der Waals surface area contributed by atoms with Crippen LogP contribution in [0.4, 0.5) is 0 Å². The monoisotopic (exact) mass is 157 g/mol. The summed E-state index contributed by atoms with van der Waals surface area (Å²) >= 11 is 0. The molecule has 0 bridgehead atoms. The molecule has 0 radical (unpaired) electrons. The Hall–Kier alpha value is -1.82. The van der Waals surface area contributed by atoms with Gasteiger partial charge in [0.1, 0.15) is 6.07 Å². The summed E-state index contributed by atoms with van der Waals surface area (Å²) in [6.07, 6.45) is 3.49. The molecule has 2 aromatic rings. The molecule has 0 amide bonds. The Morgan fingerprint density at radius 2 is 2.33 bits per heavy atom. The topological polar surface area (TPSA) is 41.1 Å². The van der Waals surface area contributed by atoms with Gasteiger partial charge in [-0.15, -0.1) is 0 Å². The van der Waals surface area contributed by atoms with Crippen LogP contribution in [0.5, 0.6) is 0 Å². The summed E-state index contributed by atoms with van der Waals surface area (Å²) in [5, 5.41) is 8.62. The van der Waals surface area contributed by atoms with Crippen LogP contribution >= 0.6 is 0 Å². The third-order valence-corrected chi connectivity index (χ3v) is 1.85. The van der Waals surface area contributed by atoms with Gasteiger partial charge in [-0.25, -0.2) is 4.98 Å². The smallest absolute Gasteiger partial charge is 0.101 e. The molecule has 0 aliphatic heterocycles. The lowest BCUT2D eigenvalue weighted by molar-refractivity contribution is 1.14. The van der Waals surface area contributed by atoms with E-state index >= 15 is 0 Å². The van der Waals surface area contributed by atoms with Crippen molar-refractivity contribution in [1.29, 1.82) is 5.26 Å². The van der Waals surface area contributed by atoms with Crippen molar-refractivity contribution in [2.45, 2.75) is 6.92 Å². The lowest BCUT2D eigenvalue weighted by atomic mass is 10.3. The predicted molar refractivity (Wildman–Crippen MR) is 44.6 cm³/mol. The number of aromatic nitrogens is 2. The first-order chi connectivity index (χ1) is 5.81. The maximum absolute atomic E-state index is 8.62. The molecule has 12 heavy (non-hydrogen) atoms. The molecule has 0 atom stereocenters. The zero-order valence-electron chi connectivity index (χ0n) is 6.65. The molecular weight excluding hydrogens is 150 g/mol. The van der Waals surface area contributed by atoms with E-state index in [-0.39, 0.29) is 0 Å². The molecule has 0 aliphatic carbocycles. The van der Waals surface area contributed by atoms with Crippen LogP contribution in [-0.2, 0) is 0 Å². The second-order valence-corrected chi connectivity index (χ2v) is 2.65. The van der Waals surface area contributed by atoms with E-state index in [1.807, 2.05) is 17.4 Å². The van der Waals surface area contributed by atoms with Crippen molar-refractivity contribution in [2.75, 3.05) is 0 Å². The van der Waals surface area contributed by atoms with E-state index in [2.05, 4.69) is 11.1 Å². The van der Waals surface area contributed by atoms with Crippen LogP contribution in [0.3, 0.4) is 0 Å². The Morgan fingerprint density at radius 3 is 3.08 bits per heavy atom. The number of nitrogens with zero attached hydrogens (tertiary/aromatic N) is 3. The molecule has 0 aliphatic rings. The van der Waals surface area contributed by atoms with Gasteiger partial charge < -0.3 is 4.40 Å². The predicted octanol–water partition coefficient (Wildman–Crippen LogP) is 1.51. The molecular formula is C9H7N3. The Kier molecular flexibility index (Phi) is 1.34. The third kappa shape index (κ3) is 0.857. The van der Waals surface area contributed by atoms with Crippen molar-refractivity contribution in [3.63, 3.8) is 0 Å². The summed E-state index contributed by atoms with van der Waals surface area (Å²) in [5.41, 5.74) is 2.69. The molecule has 0 aromatic carbocycles. The highest BCUT2D eigenvalue weighted by atomic mass is 15.0. The summed E-state index contributed by atoms with van der Waals surface area (Å²) < 4.78 is 1.86. The summed E-state index contributed by atoms with van der Waals surface area (Å²) in [6, 6.07) is 5.78.